The standard InChI is InChI=1S/C21H22F4N2O3/c22-15-4-6-16(7-5-15)30-13-8-20(29)27-11-9-26(10-12-27)19-3-1-2-18(17(19)14-28)21(23,24)25/h1-7,28H,8-14H2. The van der Waals surface area contributed by atoms with Crippen LogP contribution in [0.3, 0.4) is 0 Å². The Kier molecular flexibility index (Phi) is 6.81. The van der Waals surface area contributed by atoms with Gasteiger partial charge in [0.15, 0.2) is 0 Å². The van der Waals surface area contributed by atoms with Crippen LogP contribution in [0, 0.1) is 5.82 Å². The van der Waals surface area contributed by atoms with Gasteiger partial charge in [-0.3, -0.25) is 4.79 Å². The van der Waals surface area contributed by atoms with Crippen LogP contribution < -0.4 is 9.64 Å². The minimum Gasteiger partial charge on any atom is -0.493 e. The molecule has 1 N–H and O–H groups in total. The molecular formula is C21H22F4N2O3. The van der Waals surface area contributed by atoms with E-state index in [1.54, 1.807) is 15.9 Å². The van der Waals surface area contributed by atoms with Crippen LogP contribution in [0.1, 0.15) is 17.5 Å². The molecule has 1 fully saturated rings. The van der Waals surface area contributed by atoms with E-state index in [2.05, 4.69) is 0 Å². The monoisotopic (exact) mass is 426 g/mol. The maximum atomic E-state index is 13.2. The van der Waals surface area contributed by atoms with Crippen LogP contribution in [-0.4, -0.2) is 48.7 Å². The predicted molar refractivity (Wildman–Crippen MR) is 103 cm³/mol. The van der Waals surface area contributed by atoms with Gasteiger partial charge in [0.25, 0.3) is 0 Å². The molecule has 30 heavy (non-hydrogen) atoms. The zero-order valence-electron chi connectivity index (χ0n) is 16.2. The summed E-state index contributed by atoms with van der Waals surface area (Å²) < 4.78 is 57.9. The van der Waals surface area contributed by atoms with E-state index in [0.717, 1.165) is 6.07 Å². The molecule has 5 nitrogen and oxygen atoms in total. The molecule has 1 amide bonds. The summed E-state index contributed by atoms with van der Waals surface area (Å²) >= 11 is 0. The van der Waals surface area contributed by atoms with E-state index in [1.807, 2.05) is 0 Å². The summed E-state index contributed by atoms with van der Waals surface area (Å²) in [5.41, 5.74) is -0.671. The second-order valence-corrected chi connectivity index (χ2v) is 6.88. The Morgan fingerprint density at radius 1 is 1.03 bits per heavy atom. The van der Waals surface area contributed by atoms with Gasteiger partial charge in [-0.25, -0.2) is 4.39 Å². The van der Waals surface area contributed by atoms with Gasteiger partial charge in [0.2, 0.25) is 5.91 Å². The maximum absolute atomic E-state index is 13.2. The van der Waals surface area contributed by atoms with Gasteiger partial charge in [0.05, 0.1) is 25.2 Å². The molecule has 0 aliphatic carbocycles. The Balaban J connectivity index is 1.54. The third kappa shape index (κ3) is 5.21. The first-order chi connectivity index (χ1) is 14.3. The topological polar surface area (TPSA) is 53.0 Å². The molecular weight excluding hydrogens is 404 g/mol. The van der Waals surface area contributed by atoms with Crippen molar-refractivity contribution in [2.75, 3.05) is 37.7 Å². The zero-order chi connectivity index (χ0) is 21.7. The molecule has 0 bridgehead atoms. The summed E-state index contributed by atoms with van der Waals surface area (Å²) in [5.74, 6) is -0.0280. The number of carbonyl (C=O) groups is 1. The average molecular weight is 426 g/mol. The lowest BCUT2D eigenvalue weighted by Gasteiger charge is -2.37. The van der Waals surface area contributed by atoms with Crippen LogP contribution in [0.4, 0.5) is 23.2 Å². The first kappa shape index (κ1) is 21.9. The van der Waals surface area contributed by atoms with Crippen LogP contribution in [0.5, 0.6) is 5.75 Å². The zero-order valence-corrected chi connectivity index (χ0v) is 16.2. The van der Waals surface area contributed by atoms with Crippen LogP contribution in [0.2, 0.25) is 0 Å². The molecule has 1 saturated heterocycles. The van der Waals surface area contributed by atoms with Crippen LogP contribution in [0.15, 0.2) is 42.5 Å². The first-order valence-corrected chi connectivity index (χ1v) is 9.50. The Morgan fingerprint density at radius 2 is 1.70 bits per heavy atom. The number of hydrogen-bond donors (Lipinski definition) is 1. The highest BCUT2D eigenvalue weighted by molar-refractivity contribution is 5.76. The highest BCUT2D eigenvalue weighted by Crippen LogP contribution is 2.36. The fraction of sp³-hybridized carbons (Fsp3) is 0.381. The number of piperazine rings is 1. The van der Waals surface area contributed by atoms with E-state index in [4.69, 9.17) is 4.74 Å². The van der Waals surface area contributed by atoms with E-state index in [9.17, 15) is 27.5 Å². The Labute approximate surface area is 171 Å². The summed E-state index contributed by atoms with van der Waals surface area (Å²) in [4.78, 5) is 15.8. The molecule has 1 aliphatic rings. The summed E-state index contributed by atoms with van der Waals surface area (Å²) in [7, 11) is 0. The third-order valence-electron chi connectivity index (χ3n) is 4.99. The quantitative estimate of drug-likeness (QED) is 0.719. The van der Waals surface area contributed by atoms with Gasteiger partial charge in [-0.05, 0) is 36.4 Å². The van der Waals surface area contributed by atoms with E-state index in [-0.39, 0.29) is 30.3 Å². The lowest BCUT2D eigenvalue weighted by Crippen LogP contribution is -2.49. The summed E-state index contributed by atoms with van der Waals surface area (Å²) in [6.45, 7) is 0.864. The number of nitrogens with zero attached hydrogens (tertiary/aromatic N) is 2. The number of halogens is 4. The number of anilines is 1. The molecule has 2 aromatic carbocycles. The number of carbonyl (C=O) groups excluding carboxylic acids is 1. The molecule has 3 rings (SSSR count). The fourth-order valence-electron chi connectivity index (χ4n) is 3.44. The molecule has 0 spiro atoms. The molecule has 2 aromatic rings. The number of rotatable bonds is 6. The van der Waals surface area contributed by atoms with Crippen LogP contribution in [0.25, 0.3) is 0 Å². The smallest absolute Gasteiger partial charge is 0.416 e. The van der Waals surface area contributed by atoms with Crippen molar-refractivity contribution in [3.63, 3.8) is 0 Å². The maximum Gasteiger partial charge on any atom is 0.416 e. The summed E-state index contributed by atoms with van der Waals surface area (Å²) in [6, 6.07) is 9.32. The number of alkyl halides is 3. The second kappa shape index (κ2) is 9.34. The van der Waals surface area contributed by atoms with Crippen molar-refractivity contribution >= 4 is 11.6 Å². The van der Waals surface area contributed by atoms with Gasteiger partial charge in [0, 0.05) is 37.4 Å². The van der Waals surface area contributed by atoms with Crippen molar-refractivity contribution in [1.82, 2.24) is 4.90 Å². The molecule has 0 saturated carbocycles. The predicted octanol–water partition coefficient (Wildman–Crippen LogP) is 3.45. The van der Waals surface area contributed by atoms with E-state index in [1.165, 1.54) is 30.3 Å². The highest BCUT2D eigenvalue weighted by Gasteiger charge is 2.35. The molecule has 162 valence electrons. The van der Waals surface area contributed by atoms with Gasteiger partial charge in [0.1, 0.15) is 11.6 Å². The van der Waals surface area contributed by atoms with Gasteiger partial charge in [-0.1, -0.05) is 6.07 Å². The van der Waals surface area contributed by atoms with Gasteiger partial charge < -0.3 is 19.6 Å². The summed E-state index contributed by atoms with van der Waals surface area (Å²) in [5, 5.41) is 9.51. The van der Waals surface area contributed by atoms with Crippen LogP contribution >= 0.6 is 0 Å². The SMILES string of the molecule is O=C(CCOc1ccc(F)cc1)N1CCN(c2cccc(C(F)(F)F)c2CO)CC1. The molecule has 0 atom stereocenters. The van der Waals surface area contributed by atoms with Crippen molar-refractivity contribution in [2.45, 2.75) is 19.2 Å². The normalized spacial score (nSPS) is 14.7. The molecule has 0 unspecified atom stereocenters. The first-order valence-electron chi connectivity index (χ1n) is 9.50. The van der Waals surface area contributed by atoms with Gasteiger partial charge in [-0.15, -0.1) is 0 Å². The number of ether oxygens (including phenoxy) is 1. The fourth-order valence-corrected chi connectivity index (χ4v) is 3.44. The largest absolute Gasteiger partial charge is 0.493 e. The molecule has 0 radical (unpaired) electrons. The molecule has 0 aromatic heterocycles. The van der Waals surface area contributed by atoms with Crippen molar-refractivity contribution in [2.24, 2.45) is 0 Å². The van der Waals surface area contributed by atoms with Crippen LogP contribution in [-0.2, 0) is 17.6 Å². The number of aliphatic hydroxyl groups is 1. The van der Waals surface area contributed by atoms with E-state index >= 15 is 0 Å². The molecule has 9 heteroatoms. The van der Waals surface area contributed by atoms with E-state index in [0.29, 0.717) is 37.6 Å². The third-order valence-corrected chi connectivity index (χ3v) is 4.99. The number of amides is 1. The number of aliphatic hydroxyl groups excluding tert-OH is 1. The Bertz CT molecular complexity index is 864. The van der Waals surface area contributed by atoms with Crippen molar-refractivity contribution < 1.29 is 32.2 Å². The Hall–Kier alpha value is -2.81. The van der Waals surface area contributed by atoms with Crippen molar-refractivity contribution in [3.05, 3.63) is 59.4 Å². The summed E-state index contributed by atoms with van der Waals surface area (Å²) in [6.07, 6.45) is -4.40. The van der Waals surface area contributed by atoms with Gasteiger partial charge in [-0.2, -0.15) is 13.2 Å². The second-order valence-electron chi connectivity index (χ2n) is 6.88. The van der Waals surface area contributed by atoms with Crippen molar-refractivity contribution in [1.29, 1.82) is 0 Å². The minimum atomic E-state index is -4.55. The Morgan fingerprint density at radius 3 is 2.30 bits per heavy atom. The minimum absolute atomic E-state index is 0.122. The number of hydrogen-bond acceptors (Lipinski definition) is 4. The van der Waals surface area contributed by atoms with E-state index < -0.39 is 18.3 Å². The molecule has 1 heterocycles. The lowest BCUT2D eigenvalue weighted by molar-refractivity contribution is -0.138. The van der Waals surface area contributed by atoms with Gasteiger partial charge >= 0.3 is 6.18 Å². The lowest BCUT2D eigenvalue weighted by atomic mass is 10.0. The average Bonchev–Trinajstić information content (AvgIpc) is 2.74. The highest BCUT2D eigenvalue weighted by atomic mass is 19.4. The van der Waals surface area contributed by atoms with Crippen molar-refractivity contribution in [3.8, 4) is 5.75 Å². The molecule has 1 aliphatic heterocycles. The number of benzene rings is 2.